The molecule has 17 heavy (non-hydrogen) atoms. The van der Waals surface area contributed by atoms with Crippen LogP contribution in [0.3, 0.4) is 0 Å². The zero-order chi connectivity index (χ0) is 12.4. The lowest BCUT2D eigenvalue weighted by atomic mass is 9.89. The zero-order valence-corrected chi connectivity index (χ0v) is 10.5. The van der Waals surface area contributed by atoms with Gasteiger partial charge in [-0.2, -0.15) is 0 Å². The Balaban J connectivity index is 2.26. The Morgan fingerprint density at radius 1 is 1.35 bits per heavy atom. The minimum Gasteiger partial charge on any atom is -0.469 e. The van der Waals surface area contributed by atoms with E-state index >= 15 is 0 Å². The molecule has 3 heteroatoms. The number of allylic oxidation sites excluding steroid dienone is 1. The lowest BCUT2D eigenvalue weighted by Gasteiger charge is -2.17. The maximum atomic E-state index is 11.7. The van der Waals surface area contributed by atoms with E-state index in [1.54, 1.807) is 0 Å². The van der Waals surface area contributed by atoms with Gasteiger partial charge in [-0.25, -0.2) is 0 Å². The van der Waals surface area contributed by atoms with E-state index in [4.69, 9.17) is 16.3 Å². The number of carbonyl (C=O) groups is 1. The average Bonchev–Trinajstić information content (AvgIpc) is 2.71. The molecule has 90 valence electrons. The molecule has 2 rings (SSSR count). The smallest absolute Gasteiger partial charge is 0.309 e. The summed E-state index contributed by atoms with van der Waals surface area (Å²) in [5, 5.41) is 0.709. The van der Waals surface area contributed by atoms with E-state index in [-0.39, 0.29) is 17.8 Å². The number of rotatable bonds is 2. The largest absolute Gasteiger partial charge is 0.469 e. The highest BCUT2D eigenvalue weighted by Gasteiger charge is 2.36. The number of ether oxygens (including phenoxy) is 1. The molecule has 0 heterocycles. The minimum absolute atomic E-state index is 0.103. The molecule has 0 amide bonds. The molecule has 0 radical (unpaired) electrons. The standard InChI is InChI=1S/C14H15ClO2/c1-9-7-12(13(8-9)14(16)17-2)10-3-5-11(15)6-4-10/h3-6,12-13H,1,7-8H2,2H3/t12-,13+/m1/s1. The molecule has 1 aromatic carbocycles. The first-order valence-corrected chi connectivity index (χ1v) is 5.99. The van der Waals surface area contributed by atoms with E-state index in [9.17, 15) is 4.79 Å². The van der Waals surface area contributed by atoms with Crippen molar-refractivity contribution in [3.8, 4) is 0 Å². The molecule has 0 saturated heterocycles. The van der Waals surface area contributed by atoms with E-state index in [2.05, 4.69) is 6.58 Å². The van der Waals surface area contributed by atoms with Crippen LogP contribution in [0.15, 0.2) is 36.4 Å². The molecular weight excluding hydrogens is 236 g/mol. The summed E-state index contributed by atoms with van der Waals surface area (Å²) in [6.45, 7) is 3.98. The Bertz CT molecular complexity index is 436. The van der Waals surface area contributed by atoms with Crippen LogP contribution >= 0.6 is 11.6 Å². The van der Waals surface area contributed by atoms with Crippen LogP contribution in [0, 0.1) is 5.92 Å². The van der Waals surface area contributed by atoms with E-state index in [1.807, 2.05) is 24.3 Å². The van der Waals surface area contributed by atoms with Gasteiger partial charge in [0.1, 0.15) is 0 Å². The zero-order valence-electron chi connectivity index (χ0n) is 9.78. The van der Waals surface area contributed by atoms with Crippen molar-refractivity contribution in [2.24, 2.45) is 5.92 Å². The quantitative estimate of drug-likeness (QED) is 0.593. The van der Waals surface area contributed by atoms with Gasteiger partial charge in [-0.15, -0.1) is 0 Å². The highest BCUT2D eigenvalue weighted by Crippen LogP contribution is 2.42. The molecule has 1 fully saturated rings. The van der Waals surface area contributed by atoms with Gasteiger partial charge in [0.2, 0.25) is 0 Å². The highest BCUT2D eigenvalue weighted by molar-refractivity contribution is 6.30. The summed E-state index contributed by atoms with van der Waals surface area (Å²) in [7, 11) is 1.43. The van der Waals surface area contributed by atoms with Crippen LogP contribution in [0.5, 0.6) is 0 Å². The van der Waals surface area contributed by atoms with Crippen LogP contribution in [-0.4, -0.2) is 13.1 Å². The third-order valence-corrected chi connectivity index (χ3v) is 3.56. The number of benzene rings is 1. The SMILES string of the molecule is C=C1C[C@H](C(=O)OC)[C@@H](c2ccc(Cl)cc2)C1. The van der Waals surface area contributed by atoms with Crippen molar-refractivity contribution in [2.45, 2.75) is 18.8 Å². The highest BCUT2D eigenvalue weighted by atomic mass is 35.5. The second-order valence-electron chi connectivity index (χ2n) is 4.45. The van der Waals surface area contributed by atoms with Crippen LogP contribution in [0.4, 0.5) is 0 Å². The Kier molecular flexibility index (Phi) is 3.53. The molecule has 0 N–H and O–H groups in total. The van der Waals surface area contributed by atoms with Crippen molar-refractivity contribution in [1.82, 2.24) is 0 Å². The molecule has 0 spiro atoms. The van der Waals surface area contributed by atoms with Crippen LogP contribution < -0.4 is 0 Å². The summed E-state index contributed by atoms with van der Waals surface area (Å²) in [6, 6.07) is 7.65. The van der Waals surface area contributed by atoms with Gasteiger partial charge in [0.25, 0.3) is 0 Å². The van der Waals surface area contributed by atoms with E-state index in [0.717, 1.165) is 24.0 Å². The van der Waals surface area contributed by atoms with Gasteiger partial charge in [0.05, 0.1) is 13.0 Å². The molecule has 1 aromatic rings. The predicted molar refractivity (Wildman–Crippen MR) is 68.1 cm³/mol. The van der Waals surface area contributed by atoms with E-state index in [1.165, 1.54) is 7.11 Å². The number of methoxy groups -OCH3 is 1. The summed E-state index contributed by atoms with van der Waals surface area (Å²) in [4.78, 5) is 11.7. The summed E-state index contributed by atoms with van der Waals surface area (Å²) < 4.78 is 4.85. The topological polar surface area (TPSA) is 26.3 Å². The van der Waals surface area contributed by atoms with E-state index in [0.29, 0.717) is 5.02 Å². The third-order valence-electron chi connectivity index (χ3n) is 3.30. The van der Waals surface area contributed by atoms with Crippen LogP contribution in [0.1, 0.15) is 24.3 Å². The maximum absolute atomic E-state index is 11.7. The van der Waals surface area contributed by atoms with Crippen molar-refractivity contribution in [3.63, 3.8) is 0 Å². The molecule has 2 atom stereocenters. The van der Waals surface area contributed by atoms with Crippen LogP contribution in [-0.2, 0) is 9.53 Å². The number of hydrogen-bond donors (Lipinski definition) is 0. The summed E-state index contributed by atoms with van der Waals surface area (Å²) in [5.41, 5.74) is 2.24. The van der Waals surface area contributed by atoms with Gasteiger partial charge in [0, 0.05) is 10.9 Å². The first-order chi connectivity index (χ1) is 8.11. The fraction of sp³-hybridized carbons (Fsp3) is 0.357. The minimum atomic E-state index is -0.149. The van der Waals surface area contributed by atoms with Gasteiger partial charge >= 0.3 is 5.97 Å². The average molecular weight is 251 g/mol. The number of hydrogen-bond acceptors (Lipinski definition) is 2. The third kappa shape index (κ3) is 2.52. The molecule has 1 aliphatic carbocycles. The predicted octanol–water partition coefficient (Wildman–Crippen LogP) is 3.56. The fourth-order valence-electron chi connectivity index (χ4n) is 2.45. The van der Waals surface area contributed by atoms with Crippen molar-refractivity contribution >= 4 is 17.6 Å². The molecule has 0 bridgehead atoms. The Morgan fingerprint density at radius 3 is 2.59 bits per heavy atom. The molecule has 1 saturated carbocycles. The lowest BCUT2D eigenvalue weighted by molar-refractivity contribution is -0.145. The first kappa shape index (κ1) is 12.2. The van der Waals surface area contributed by atoms with Gasteiger partial charge in [0.15, 0.2) is 0 Å². The van der Waals surface area contributed by atoms with Crippen molar-refractivity contribution in [1.29, 1.82) is 0 Å². The molecule has 0 aromatic heterocycles. The lowest BCUT2D eigenvalue weighted by Crippen LogP contribution is -2.18. The van der Waals surface area contributed by atoms with Gasteiger partial charge in [-0.3, -0.25) is 4.79 Å². The molecule has 2 nitrogen and oxygen atoms in total. The number of carbonyl (C=O) groups excluding carboxylic acids is 1. The molecule has 1 aliphatic rings. The second kappa shape index (κ2) is 4.92. The molecule has 0 aliphatic heterocycles. The van der Waals surface area contributed by atoms with Crippen molar-refractivity contribution in [2.75, 3.05) is 7.11 Å². The van der Waals surface area contributed by atoms with Crippen molar-refractivity contribution in [3.05, 3.63) is 47.0 Å². The summed E-state index contributed by atoms with van der Waals surface area (Å²) in [6.07, 6.45) is 1.57. The van der Waals surface area contributed by atoms with Gasteiger partial charge < -0.3 is 4.74 Å². The van der Waals surface area contributed by atoms with Gasteiger partial charge in [-0.1, -0.05) is 35.9 Å². The van der Waals surface area contributed by atoms with Gasteiger partial charge in [-0.05, 0) is 30.5 Å². The van der Waals surface area contributed by atoms with Crippen LogP contribution in [0.25, 0.3) is 0 Å². The van der Waals surface area contributed by atoms with Crippen LogP contribution in [0.2, 0.25) is 5.02 Å². The second-order valence-corrected chi connectivity index (χ2v) is 4.88. The Labute approximate surface area is 106 Å². The molecule has 0 unspecified atom stereocenters. The number of esters is 1. The first-order valence-electron chi connectivity index (χ1n) is 5.61. The van der Waals surface area contributed by atoms with E-state index < -0.39 is 0 Å². The Morgan fingerprint density at radius 2 is 2.00 bits per heavy atom. The summed E-state index contributed by atoms with van der Waals surface area (Å²) in [5.74, 6) is -0.0792. The fourth-order valence-corrected chi connectivity index (χ4v) is 2.57. The normalized spacial score (nSPS) is 23.8. The maximum Gasteiger partial charge on any atom is 0.309 e. The number of halogens is 1. The summed E-state index contributed by atoms with van der Waals surface area (Å²) >= 11 is 5.86. The van der Waals surface area contributed by atoms with Crippen molar-refractivity contribution < 1.29 is 9.53 Å². The monoisotopic (exact) mass is 250 g/mol. The Hall–Kier alpha value is -1.28. The molecular formula is C14H15ClO2.